The Hall–Kier alpha value is -2.21. The smallest absolute Gasteiger partial charge is 0.246 e. The molecule has 0 atom stereocenters. The van der Waals surface area contributed by atoms with Crippen LogP contribution in [0.4, 0.5) is 0 Å². The van der Waals surface area contributed by atoms with Crippen LogP contribution < -0.4 is 5.32 Å². The molecule has 29 heavy (non-hydrogen) atoms. The van der Waals surface area contributed by atoms with E-state index in [1.807, 2.05) is 23.1 Å². The van der Waals surface area contributed by atoms with Crippen molar-refractivity contribution < 1.29 is 9.59 Å². The van der Waals surface area contributed by atoms with Crippen molar-refractivity contribution in [2.24, 2.45) is 11.8 Å². The largest absolute Gasteiger partial charge is 0.352 e. The maximum atomic E-state index is 12.5. The normalized spacial score (nSPS) is 19.8. The van der Waals surface area contributed by atoms with E-state index in [0.717, 1.165) is 57.4 Å². The van der Waals surface area contributed by atoms with Crippen molar-refractivity contribution in [3.05, 3.63) is 42.2 Å². The summed E-state index contributed by atoms with van der Waals surface area (Å²) in [6.07, 6.45) is 11.1. The van der Waals surface area contributed by atoms with Crippen molar-refractivity contribution >= 4 is 11.8 Å². The first-order chi connectivity index (χ1) is 14.0. The number of likely N-dealkylation sites (tertiary alicyclic amines) is 2. The maximum absolute atomic E-state index is 12.5. The van der Waals surface area contributed by atoms with Crippen LogP contribution in [0.1, 0.15) is 45.1 Å². The zero-order chi connectivity index (χ0) is 20.6. The van der Waals surface area contributed by atoms with Gasteiger partial charge in [-0.25, -0.2) is 0 Å². The molecule has 0 radical (unpaired) electrons. The van der Waals surface area contributed by atoms with Crippen LogP contribution in [-0.2, 0) is 16.1 Å². The Balaban J connectivity index is 1.37. The lowest BCUT2D eigenvalue weighted by Crippen LogP contribution is -2.50. The van der Waals surface area contributed by atoms with Gasteiger partial charge in [0.05, 0.1) is 0 Å². The van der Waals surface area contributed by atoms with Crippen LogP contribution in [0.3, 0.4) is 0 Å². The number of pyridine rings is 1. The monoisotopic (exact) mass is 398 g/mol. The lowest BCUT2D eigenvalue weighted by atomic mass is 9.92. The van der Waals surface area contributed by atoms with E-state index < -0.39 is 0 Å². The number of hydrogen-bond donors (Lipinski definition) is 1. The van der Waals surface area contributed by atoms with Crippen LogP contribution in [0.5, 0.6) is 0 Å². The van der Waals surface area contributed by atoms with Crippen molar-refractivity contribution in [3.8, 4) is 0 Å². The first kappa shape index (κ1) is 21.5. The topological polar surface area (TPSA) is 65.5 Å². The Morgan fingerprint density at radius 1 is 1.17 bits per heavy atom. The number of carbonyl (C=O) groups excluding carboxylic acids is 2. The minimum atomic E-state index is 0.103. The fraction of sp³-hybridized carbons (Fsp3) is 0.609. The van der Waals surface area contributed by atoms with Crippen LogP contribution >= 0.6 is 0 Å². The Labute approximate surface area is 174 Å². The maximum Gasteiger partial charge on any atom is 0.246 e. The van der Waals surface area contributed by atoms with Gasteiger partial charge < -0.3 is 15.1 Å². The molecule has 2 saturated heterocycles. The summed E-state index contributed by atoms with van der Waals surface area (Å²) in [7, 11) is 0. The standard InChI is InChI=1S/C23H34N4O2/c1-18(2)5-6-22(28)27-14-9-21(10-15-27)26-12-7-20(8-13-26)23(29)25-17-19-4-3-11-24-16-19/h3-6,11,16,18,20-21H,7-10,12-15,17H2,1-2H3,(H,25,29). The number of aromatic nitrogens is 1. The molecule has 1 aromatic heterocycles. The number of allylic oxidation sites excluding steroid dienone is 1. The molecule has 2 aliphatic rings. The number of nitrogens with one attached hydrogen (secondary N) is 1. The molecule has 2 fully saturated rings. The highest BCUT2D eigenvalue weighted by Crippen LogP contribution is 2.24. The van der Waals surface area contributed by atoms with E-state index in [0.29, 0.717) is 18.5 Å². The van der Waals surface area contributed by atoms with Gasteiger partial charge in [0.1, 0.15) is 0 Å². The summed E-state index contributed by atoms with van der Waals surface area (Å²) >= 11 is 0. The summed E-state index contributed by atoms with van der Waals surface area (Å²) in [5, 5.41) is 3.05. The molecule has 3 rings (SSSR count). The molecule has 0 saturated carbocycles. The predicted molar refractivity (Wildman–Crippen MR) is 114 cm³/mol. The van der Waals surface area contributed by atoms with Crippen LogP contribution in [0.25, 0.3) is 0 Å². The third-order valence-electron chi connectivity index (χ3n) is 6.01. The molecule has 1 aromatic rings. The van der Waals surface area contributed by atoms with Crippen LogP contribution in [0, 0.1) is 11.8 Å². The summed E-state index contributed by atoms with van der Waals surface area (Å²) in [5.41, 5.74) is 1.03. The van der Waals surface area contributed by atoms with Gasteiger partial charge in [-0.1, -0.05) is 26.0 Å². The molecule has 3 heterocycles. The van der Waals surface area contributed by atoms with Crippen LogP contribution in [0.15, 0.2) is 36.7 Å². The zero-order valence-electron chi connectivity index (χ0n) is 17.7. The lowest BCUT2D eigenvalue weighted by molar-refractivity contribution is -0.129. The van der Waals surface area contributed by atoms with Gasteiger partial charge in [0, 0.05) is 44.0 Å². The highest BCUT2D eigenvalue weighted by molar-refractivity contribution is 5.87. The minimum absolute atomic E-state index is 0.103. The van der Waals surface area contributed by atoms with Crippen molar-refractivity contribution in [1.29, 1.82) is 0 Å². The van der Waals surface area contributed by atoms with Gasteiger partial charge in [0.15, 0.2) is 0 Å². The molecule has 6 nitrogen and oxygen atoms in total. The molecule has 158 valence electrons. The van der Waals surface area contributed by atoms with E-state index >= 15 is 0 Å². The van der Waals surface area contributed by atoms with Crippen molar-refractivity contribution in [3.63, 3.8) is 0 Å². The minimum Gasteiger partial charge on any atom is -0.352 e. The second kappa shape index (κ2) is 10.5. The van der Waals surface area contributed by atoms with Gasteiger partial charge in [0.2, 0.25) is 11.8 Å². The number of hydrogen-bond acceptors (Lipinski definition) is 4. The summed E-state index contributed by atoms with van der Waals surface area (Å²) in [6.45, 7) is 8.31. The first-order valence-electron chi connectivity index (χ1n) is 10.9. The van der Waals surface area contributed by atoms with Gasteiger partial charge >= 0.3 is 0 Å². The highest BCUT2D eigenvalue weighted by Gasteiger charge is 2.31. The molecular formula is C23H34N4O2. The Bertz CT molecular complexity index is 688. The molecule has 2 aliphatic heterocycles. The second-order valence-electron chi connectivity index (χ2n) is 8.55. The van der Waals surface area contributed by atoms with Crippen molar-refractivity contribution in [2.45, 2.75) is 52.1 Å². The molecule has 0 unspecified atom stereocenters. The molecule has 0 aliphatic carbocycles. The third kappa shape index (κ3) is 6.39. The second-order valence-corrected chi connectivity index (χ2v) is 8.55. The molecule has 0 spiro atoms. The fourth-order valence-electron chi connectivity index (χ4n) is 4.19. The average Bonchev–Trinajstić information content (AvgIpc) is 2.76. The van der Waals surface area contributed by atoms with E-state index in [2.05, 4.69) is 29.0 Å². The first-order valence-corrected chi connectivity index (χ1v) is 10.9. The summed E-state index contributed by atoms with van der Waals surface area (Å²) in [6, 6.07) is 4.40. The zero-order valence-corrected chi connectivity index (χ0v) is 17.7. The van der Waals surface area contributed by atoms with Crippen LogP contribution in [0.2, 0.25) is 0 Å². The number of carbonyl (C=O) groups is 2. The van der Waals surface area contributed by atoms with E-state index in [1.54, 1.807) is 18.5 Å². The highest BCUT2D eigenvalue weighted by atomic mass is 16.2. The molecule has 2 amide bonds. The number of nitrogens with zero attached hydrogens (tertiary/aromatic N) is 3. The predicted octanol–water partition coefficient (Wildman–Crippen LogP) is 2.61. The Morgan fingerprint density at radius 2 is 1.90 bits per heavy atom. The van der Waals surface area contributed by atoms with E-state index in [-0.39, 0.29) is 17.7 Å². The SMILES string of the molecule is CC(C)C=CC(=O)N1CCC(N2CCC(C(=O)NCc3cccnc3)CC2)CC1. The van der Waals surface area contributed by atoms with Crippen molar-refractivity contribution in [2.75, 3.05) is 26.2 Å². The number of piperidine rings is 2. The van der Waals surface area contributed by atoms with Crippen LogP contribution in [-0.4, -0.2) is 58.8 Å². The molecule has 1 N–H and O–H groups in total. The average molecular weight is 399 g/mol. The third-order valence-corrected chi connectivity index (χ3v) is 6.01. The van der Waals surface area contributed by atoms with Crippen molar-refractivity contribution in [1.82, 2.24) is 20.1 Å². The quantitative estimate of drug-likeness (QED) is 0.748. The fourth-order valence-corrected chi connectivity index (χ4v) is 4.19. The summed E-state index contributed by atoms with van der Waals surface area (Å²) < 4.78 is 0. The van der Waals surface area contributed by atoms with E-state index in [1.165, 1.54) is 0 Å². The van der Waals surface area contributed by atoms with E-state index in [9.17, 15) is 9.59 Å². The molecule has 0 aromatic carbocycles. The number of amides is 2. The molecule has 6 heteroatoms. The Morgan fingerprint density at radius 3 is 2.52 bits per heavy atom. The summed E-state index contributed by atoms with van der Waals surface area (Å²) in [5.74, 6) is 0.803. The van der Waals surface area contributed by atoms with Gasteiger partial charge in [0.25, 0.3) is 0 Å². The van der Waals surface area contributed by atoms with Gasteiger partial charge in [-0.2, -0.15) is 0 Å². The van der Waals surface area contributed by atoms with E-state index in [4.69, 9.17) is 0 Å². The summed E-state index contributed by atoms with van der Waals surface area (Å²) in [4.78, 5) is 33.3. The van der Waals surface area contributed by atoms with Gasteiger partial charge in [-0.05, 0) is 62.4 Å². The number of rotatable bonds is 6. The Kier molecular flexibility index (Phi) is 7.81. The van der Waals surface area contributed by atoms with Gasteiger partial charge in [-0.3, -0.25) is 14.6 Å². The van der Waals surface area contributed by atoms with Gasteiger partial charge in [-0.15, -0.1) is 0 Å². The molecular weight excluding hydrogens is 364 g/mol. The lowest BCUT2D eigenvalue weighted by Gasteiger charge is -2.41. The molecule has 0 bridgehead atoms.